The predicted octanol–water partition coefficient (Wildman–Crippen LogP) is 3.15. The Labute approximate surface area is 142 Å². The molecule has 24 heavy (non-hydrogen) atoms. The van der Waals surface area contributed by atoms with Crippen molar-refractivity contribution in [2.24, 2.45) is 0 Å². The molecule has 0 aromatic carbocycles. The van der Waals surface area contributed by atoms with Crippen LogP contribution in [0.4, 0.5) is 5.82 Å². The average Bonchev–Trinajstić information content (AvgIpc) is 3.29. The molecule has 0 radical (unpaired) electrons. The van der Waals surface area contributed by atoms with Crippen LogP contribution in [0.15, 0.2) is 30.6 Å². The fraction of sp³-hybridized carbons (Fsp3) is 0.500. The number of amides is 1. The monoisotopic (exact) mass is 327 g/mol. The molecule has 0 saturated heterocycles. The highest BCUT2D eigenvalue weighted by Gasteiger charge is 2.17. The zero-order chi connectivity index (χ0) is 16.8. The smallest absolute Gasteiger partial charge is 0.252 e. The Hall–Kier alpha value is -2.37. The van der Waals surface area contributed by atoms with Crippen molar-refractivity contribution >= 4 is 11.7 Å². The number of carbonyl (C=O) groups excluding carboxylic acids is 1. The van der Waals surface area contributed by atoms with E-state index in [1.807, 2.05) is 13.0 Å². The van der Waals surface area contributed by atoms with Crippen molar-refractivity contribution in [2.75, 3.05) is 11.9 Å². The number of hydrogen-bond donors (Lipinski definition) is 2. The highest BCUT2D eigenvalue weighted by molar-refractivity contribution is 5.93. The molecule has 1 aliphatic rings. The van der Waals surface area contributed by atoms with Crippen LogP contribution in [0, 0.1) is 0 Å². The molecular weight excluding hydrogens is 302 g/mol. The average molecular weight is 327 g/mol. The SMILES string of the molecule is CCCNC(=O)c1ccc(NCc2ccn(C3CCCC3)n2)nc1. The van der Waals surface area contributed by atoms with Gasteiger partial charge in [-0.3, -0.25) is 9.48 Å². The van der Waals surface area contributed by atoms with Crippen LogP contribution in [0.2, 0.25) is 0 Å². The summed E-state index contributed by atoms with van der Waals surface area (Å²) in [6.07, 6.45) is 9.67. The number of nitrogens with zero attached hydrogens (tertiary/aromatic N) is 3. The minimum absolute atomic E-state index is 0.0776. The van der Waals surface area contributed by atoms with Gasteiger partial charge in [0.05, 0.1) is 23.8 Å². The maximum atomic E-state index is 11.8. The summed E-state index contributed by atoms with van der Waals surface area (Å²) in [4.78, 5) is 16.1. The van der Waals surface area contributed by atoms with Crippen LogP contribution in [-0.4, -0.2) is 27.2 Å². The van der Waals surface area contributed by atoms with E-state index >= 15 is 0 Å². The molecule has 128 valence electrons. The summed E-state index contributed by atoms with van der Waals surface area (Å²) >= 11 is 0. The van der Waals surface area contributed by atoms with Crippen molar-refractivity contribution in [2.45, 2.75) is 51.6 Å². The summed E-state index contributed by atoms with van der Waals surface area (Å²) in [5.41, 5.74) is 1.59. The molecule has 2 N–H and O–H groups in total. The molecule has 0 atom stereocenters. The molecular formula is C18H25N5O. The van der Waals surface area contributed by atoms with Gasteiger partial charge in [0.25, 0.3) is 5.91 Å². The first kappa shape index (κ1) is 16.5. The Kier molecular flexibility index (Phi) is 5.46. The minimum atomic E-state index is -0.0776. The summed E-state index contributed by atoms with van der Waals surface area (Å²) in [5, 5.41) is 10.7. The van der Waals surface area contributed by atoms with Gasteiger partial charge in [0, 0.05) is 18.9 Å². The lowest BCUT2D eigenvalue weighted by molar-refractivity contribution is 0.0953. The van der Waals surface area contributed by atoms with Gasteiger partial charge >= 0.3 is 0 Å². The molecule has 2 heterocycles. The van der Waals surface area contributed by atoms with Crippen molar-refractivity contribution < 1.29 is 4.79 Å². The van der Waals surface area contributed by atoms with Crippen molar-refractivity contribution in [1.29, 1.82) is 0 Å². The fourth-order valence-corrected chi connectivity index (χ4v) is 3.00. The van der Waals surface area contributed by atoms with Gasteiger partial charge in [0.2, 0.25) is 0 Å². The van der Waals surface area contributed by atoms with Crippen LogP contribution < -0.4 is 10.6 Å². The van der Waals surface area contributed by atoms with Crippen molar-refractivity contribution in [3.8, 4) is 0 Å². The number of anilines is 1. The molecule has 1 amide bonds. The van der Waals surface area contributed by atoms with Crippen molar-refractivity contribution in [1.82, 2.24) is 20.1 Å². The van der Waals surface area contributed by atoms with E-state index < -0.39 is 0 Å². The molecule has 6 heteroatoms. The highest BCUT2D eigenvalue weighted by Crippen LogP contribution is 2.28. The summed E-state index contributed by atoms with van der Waals surface area (Å²) < 4.78 is 2.10. The number of aromatic nitrogens is 3. The van der Waals surface area contributed by atoms with Gasteiger partial charge < -0.3 is 10.6 Å². The topological polar surface area (TPSA) is 71.8 Å². The van der Waals surface area contributed by atoms with Crippen LogP contribution in [0.5, 0.6) is 0 Å². The van der Waals surface area contributed by atoms with E-state index in [2.05, 4.69) is 37.7 Å². The molecule has 0 spiro atoms. The van der Waals surface area contributed by atoms with Crippen LogP contribution in [-0.2, 0) is 6.54 Å². The lowest BCUT2D eigenvalue weighted by atomic mass is 10.2. The quantitative estimate of drug-likeness (QED) is 0.819. The molecule has 2 aromatic heterocycles. The minimum Gasteiger partial charge on any atom is -0.364 e. The van der Waals surface area contributed by atoms with Gasteiger partial charge in [-0.15, -0.1) is 0 Å². The van der Waals surface area contributed by atoms with Gasteiger partial charge in [-0.05, 0) is 37.5 Å². The molecule has 1 fully saturated rings. The highest BCUT2D eigenvalue weighted by atomic mass is 16.1. The van der Waals surface area contributed by atoms with E-state index in [1.165, 1.54) is 25.7 Å². The largest absolute Gasteiger partial charge is 0.364 e. The second-order valence-electron chi connectivity index (χ2n) is 6.27. The molecule has 6 nitrogen and oxygen atoms in total. The third-order valence-electron chi connectivity index (χ3n) is 4.37. The Morgan fingerprint density at radius 1 is 1.29 bits per heavy atom. The summed E-state index contributed by atoms with van der Waals surface area (Å²) in [5.74, 6) is 0.670. The summed E-state index contributed by atoms with van der Waals surface area (Å²) in [7, 11) is 0. The lowest BCUT2D eigenvalue weighted by Crippen LogP contribution is -2.24. The normalized spacial score (nSPS) is 14.7. The van der Waals surface area contributed by atoms with E-state index in [-0.39, 0.29) is 5.91 Å². The van der Waals surface area contributed by atoms with Gasteiger partial charge in [0.15, 0.2) is 0 Å². The first-order valence-electron chi connectivity index (χ1n) is 8.78. The van der Waals surface area contributed by atoms with E-state index in [4.69, 9.17) is 0 Å². The number of hydrogen-bond acceptors (Lipinski definition) is 4. The zero-order valence-corrected chi connectivity index (χ0v) is 14.2. The molecule has 1 aliphatic carbocycles. The van der Waals surface area contributed by atoms with Crippen LogP contribution in [0.1, 0.15) is 61.1 Å². The second-order valence-corrected chi connectivity index (χ2v) is 6.27. The van der Waals surface area contributed by atoms with E-state index in [0.717, 1.165) is 17.9 Å². The van der Waals surface area contributed by atoms with Crippen LogP contribution in [0.3, 0.4) is 0 Å². The lowest BCUT2D eigenvalue weighted by Gasteiger charge is -2.09. The van der Waals surface area contributed by atoms with Crippen LogP contribution in [0.25, 0.3) is 0 Å². The molecule has 0 aliphatic heterocycles. The molecule has 3 rings (SSSR count). The Balaban J connectivity index is 1.52. The number of carbonyl (C=O) groups is 1. The first-order valence-corrected chi connectivity index (χ1v) is 8.78. The summed E-state index contributed by atoms with van der Waals surface area (Å²) in [6, 6.07) is 6.24. The maximum absolute atomic E-state index is 11.8. The van der Waals surface area contributed by atoms with Crippen molar-refractivity contribution in [3.05, 3.63) is 41.9 Å². The Morgan fingerprint density at radius 2 is 2.12 bits per heavy atom. The van der Waals surface area contributed by atoms with Gasteiger partial charge in [-0.25, -0.2) is 4.98 Å². The molecule has 0 unspecified atom stereocenters. The Bertz CT molecular complexity index is 658. The van der Waals surface area contributed by atoms with Crippen molar-refractivity contribution in [3.63, 3.8) is 0 Å². The molecule has 2 aromatic rings. The maximum Gasteiger partial charge on any atom is 0.252 e. The summed E-state index contributed by atoms with van der Waals surface area (Å²) in [6.45, 7) is 3.34. The third kappa shape index (κ3) is 4.13. The van der Waals surface area contributed by atoms with Gasteiger partial charge in [-0.2, -0.15) is 5.10 Å². The first-order chi connectivity index (χ1) is 11.8. The molecule has 0 bridgehead atoms. The third-order valence-corrected chi connectivity index (χ3v) is 4.37. The van der Waals surface area contributed by atoms with Gasteiger partial charge in [-0.1, -0.05) is 19.8 Å². The number of nitrogens with one attached hydrogen (secondary N) is 2. The molecule has 1 saturated carbocycles. The zero-order valence-electron chi connectivity index (χ0n) is 14.2. The second kappa shape index (κ2) is 7.95. The number of rotatable bonds is 7. The predicted molar refractivity (Wildman–Crippen MR) is 93.9 cm³/mol. The standard InChI is InChI=1S/C18H25N5O/c1-2-10-19-18(24)14-7-8-17(20-12-14)21-13-15-9-11-23(22-15)16-5-3-4-6-16/h7-9,11-12,16H,2-6,10,13H2,1H3,(H,19,24)(H,20,21). The Morgan fingerprint density at radius 3 is 2.83 bits per heavy atom. The number of pyridine rings is 1. The van der Waals surface area contributed by atoms with Gasteiger partial charge in [0.1, 0.15) is 5.82 Å². The van der Waals surface area contributed by atoms with E-state index in [1.54, 1.807) is 12.3 Å². The van der Waals surface area contributed by atoms with E-state index in [9.17, 15) is 4.79 Å². The fourth-order valence-electron chi connectivity index (χ4n) is 3.00. The van der Waals surface area contributed by atoms with E-state index in [0.29, 0.717) is 24.7 Å². The van der Waals surface area contributed by atoms with Crippen LogP contribution >= 0.6 is 0 Å².